The molecule has 3 atom stereocenters. The van der Waals surface area contributed by atoms with Gasteiger partial charge in [-0.1, -0.05) is 35.5 Å². The van der Waals surface area contributed by atoms with Crippen molar-refractivity contribution in [1.29, 1.82) is 0 Å². The minimum absolute atomic E-state index is 0.0428. The van der Waals surface area contributed by atoms with Gasteiger partial charge in [-0.15, -0.1) is 5.10 Å². The van der Waals surface area contributed by atoms with Crippen LogP contribution in [0, 0.1) is 11.8 Å². The third kappa shape index (κ3) is 4.61. The van der Waals surface area contributed by atoms with Crippen LogP contribution in [0.5, 0.6) is 0 Å². The summed E-state index contributed by atoms with van der Waals surface area (Å²) in [6.07, 6.45) is 3.42. The highest BCUT2D eigenvalue weighted by Gasteiger charge is 2.46. The maximum atomic E-state index is 14.2. The fraction of sp³-hybridized carbons (Fsp3) is 0.517. The first-order valence-corrected chi connectivity index (χ1v) is 14.3. The predicted octanol–water partition coefficient (Wildman–Crippen LogP) is 2.09. The number of amides is 2. The SMILES string of the molecule is CC(=O)c1cc(C(=O)N2Cc3nnn(CC4CC4)c3C(C(=O)N3CC4CCN(Cc5ccccc5)C4C3)C2)[nH]n1. The second-order valence-electron chi connectivity index (χ2n) is 11.8. The molecule has 7 rings (SSSR count). The lowest BCUT2D eigenvalue weighted by Gasteiger charge is -2.34. The molecule has 208 valence electrons. The van der Waals surface area contributed by atoms with Crippen LogP contribution >= 0.6 is 0 Å². The van der Waals surface area contributed by atoms with Gasteiger partial charge in [-0.05, 0) is 49.3 Å². The van der Waals surface area contributed by atoms with Crippen LogP contribution in [0.25, 0.3) is 0 Å². The summed E-state index contributed by atoms with van der Waals surface area (Å²) in [6, 6.07) is 12.3. The molecule has 11 heteroatoms. The summed E-state index contributed by atoms with van der Waals surface area (Å²) in [6.45, 7) is 6.07. The number of rotatable bonds is 7. The van der Waals surface area contributed by atoms with Crippen molar-refractivity contribution in [2.45, 2.75) is 57.8 Å². The molecule has 2 amide bonds. The molecule has 40 heavy (non-hydrogen) atoms. The number of carbonyl (C=O) groups is 3. The van der Waals surface area contributed by atoms with E-state index in [1.165, 1.54) is 31.4 Å². The van der Waals surface area contributed by atoms with Crippen LogP contribution in [0.4, 0.5) is 0 Å². The Kier molecular flexibility index (Phi) is 6.25. The van der Waals surface area contributed by atoms with Crippen molar-refractivity contribution in [1.82, 2.24) is 39.9 Å². The molecule has 3 aromatic rings. The topological polar surface area (TPSA) is 120 Å². The van der Waals surface area contributed by atoms with Gasteiger partial charge in [0.15, 0.2) is 5.78 Å². The van der Waals surface area contributed by atoms with Gasteiger partial charge in [-0.25, -0.2) is 4.68 Å². The van der Waals surface area contributed by atoms with E-state index in [1.807, 2.05) is 15.6 Å². The van der Waals surface area contributed by atoms with Crippen LogP contribution in [0.3, 0.4) is 0 Å². The molecular formula is C29H34N8O3. The highest BCUT2D eigenvalue weighted by Crippen LogP contribution is 2.37. The molecule has 2 saturated heterocycles. The maximum Gasteiger partial charge on any atom is 0.272 e. The minimum atomic E-state index is -0.530. The van der Waals surface area contributed by atoms with Crippen molar-refractivity contribution in [3.8, 4) is 0 Å². The minimum Gasteiger partial charge on any atom is -0.340 e. The number of likely N-dealkylation sites (tertiary alicyclic amines) is 2. The number of hydrogen-bond acceptors (Lipinski definition) is 7. The van der Waals surface area contributed by atoms with E-state index in [0.29, 0.717) is 30.1 Å². The zero-order valence-corrected chi connectivity index (χ0v) is 22.7. The van der Waals surface area contributed by atoms with Crippen molar-refractivity contribution in [2.75, 3.05) is 26.2 Å². The van der Waals surface area contributed by atoms with Crippen LogP contribution in [0.15, 0.2) is 36.4 Å². The zero-order chi connectivity index (χ0) is 27.4. The number of aromatic amines is 1. The third-order valence-electron chi connectivity index (χ3n) is 9.01. The number of benzene rings is 1. The molecule has 4 aliphatic rings. The summed E-state index contributed by atoms with van der Waals surface area (Å²) >= 11 is 0. The standard InChI is InChI=1S/C29H34N8O3/c1-18(38)23-11-24(31-30-23)29(40)36-15-22(27-25(16-36)32-33-37(27)13-20-7-8-20)28(39)35-14-21-9-10-34(26(21)17-35)12-19-5-3-2-4-6-19/h2-6,11,20-22,26H,7-10,12-17H2,1H3,(H,30,31). The normalized spacial score (nSPS) is 24.3. The quantitative estimate of drug-likeness (QED) is 0.454. The average Bonchev–Trinajstić information content (AvgIpc) is 3.33. The summed E-state index contributed by atoms with van der Waals surface area (Å²) in [5, 5.41) is 15.5. The summed E-state index contributed by atoms with van der Waals surface area (Å²) in [5.74, 6) is 0.0341. The molecule has 1 aliphatic carbocycles. The zero-order valence-electron chi connectivity index (χ0n) is 22.7. The number of H-pyrrole nitrogens is 1. The summed E-state index contributed by atoms with van der Waals surface area (Å²) in [4.78, 5) is 45.6. The molecule has 11 nitrogen and oxygen atoms in total. The van der Waals surface area contributed by atoms with Crippen molar-refractivity contribution < 1.29 is 14.4 Å². The van der Waals surface area contributed by atoms with Gasteiger partial charge in [-0.3, -0.25) is 24.4 Å². The van der Waals surface area contributed by atoms with Gasteiger partial charge in [0.1, 0.15) is 17.1 Å². The summed E-state index contributed by atoms with van der Waals surface area (Å²) < 4.78 is 1.92. The molecule has 2 aromatic heterocycles. The first-order valence-electron chi connectivity index (χ1n) is 14.3. The van der Waals surface area contributed by atoms with Crippen molar-refractivity contribution >= 4 is 17.6 Å². The van der Waals surface area contributed by atoms with E-state index in [0.717, 1.165) is 38.3 Å². The molecule has 1 saturated carbocycles. The molecule has 3 fully saturated rings. The Bertz CT molecular complexity index is 1440. The first-order chi connectivity index (χ1) is 19.4. The lowest BCUT2D eigenvalue weighted by molar-refractivity contribution is -0.133. The Balaban J connectivity index is 1.13. The third-order valence-corrected chi connectivity index (χ3v) is 9.01. The second-order valence-corrected chi connectivity index (χ2v) is 11.8. The Hall–Kier alpha value is -3.86. The Morgan fingerprint density at radius 1 is 1.02 bits per heavy atom. The van der Waals surface area contributed by atoms with Crippen molar-refractivity contribution in [3.05, 3.63) is 64.7 Å². The van der Waals surface area contributed by atoms with E-state index in [2.05, 4.69) is 49.7 Å². The number of nitrogens with one attached hydrogen (secondary N) is 1. The van der Waals surface area contributed by atoms with Crippen molar-refractivity contribution in [3.63, 3.8) is 0 Å². The van der Waals surface area contributed by atoms with Crippen LogP contribution in [-0.4, -0.2) is 89.7 Å². The average molecular weight is 543 g/mol. The largest absolute Gasteiger partial charge is 0.340 e. The van der Waals surface area contributed by atoms with Crippen molar-refractivity contribution in [2.24, 2.45) is 11.8 Å². The van der Waals surface area contributed by atoms with Gasteiger partial charge in [-0.2, -0.15) is 5.10 Å². The number of hydrogen-bond donors (Lipinski definition) is 1. The van der Waals surface area contributed by atoms with E-state index < -0.39 is 5.92 Å². The van der Waals surface area contributed by atoms with Gasteiger partial charge >= 0.3 is 0 Å². The number of ketones is 1. The number of carbonyl (C=O) groups excluding carboxylic acids is 3. The number of aromatic nitrogens is 5. The van der Waals surface area contributed by atoms with Crippen LogP contribution in [0.1, 0.15) is 70.0 Å². The molecule has 3 aliphatic heterocycles. The number of nitrogens with zero attached hydrogens (tertiary/aromatic N) is 7. The van der Waals surface area contributed by atoms with E-state index >= 15 is 0 Å². The predicted molar refractivity (Wildman–Crippen MR) is 144 cm³/mol. The van der Waals surface area contributed by atoms with Gasteiger partial charge in [0.25, 0.3) is 5.91 Å². The molecule has 1 aromatic carbocycles. The molecule has 0 radical (unpaired) electrons. The smallest absolute Gasteiger partial charge is 0.272 e. The lowest BCUT2D eigenvalue weighted by Crippen LogP contribution is -2.46. The van der Waals surface area contributed by atoms with Crippen LogP contribution in [0.2, 0.25) is 0 Å². The maximum absolute atomic E-state index is 14.2. The fourth-order valence-corrected chi connectivity index (χ4v) is 6.68. The van der Waals surface area contributed by atoms with E-state index in [-0.39, 0.29) is 42.1 Å². The summed E-state index contributed by atoms with van der Waals surface area (Å²) in [7, 11) is 0. The van der Waals surface area contributed by atoms with Crippen LogP contribution in [-0.2, 0) is 24.4 Å². The highest BCUT2D eigenvalue weighted by atomic mass is 16.2. The lowest BCUT2D eigenvalue weighted by atomic mass is 9.96. The molecule has 5 heterocycles. The molecular weight excluding hydrogens is 508 g/mol. The molecule has 1 N–H and O–H groups in total. The molecule has 0 bridgehead atoms. The Morgan fingerprint density at radius 3 is 2.60 bits per heavy atom. The highest BCUT2D eigenvalue weighted by molar-refractivity contribution is 5.98. The Morgan fingerprint density at radius 2 is 1.85 bits per heavy atom. The monoisotopic (exact) mass is 542 g/mol. The molecule has 3 unspecified atom stereocenters. The Labute approximate surface area is 232 Å². The van der Waals surface area contributed by atoms with Gasteiger partial charge in [0, 0.05) is 45.7 Å². The second kappa shape index (κ2) is 9.96. The number of fused-ring (bicyclic) bond motifs is 2. The number of Topliss-reactive ketones (excluding diaryl/α,β-unsaturated/α-hetero) is 1. The van der Waals surface area contributed by atoms with Gasteiger partial charge in [0.2, 0.25) is 5.91 Å². The van der Waals surface area contributed by atoms with Gasteiger partial charge < -0.3 is 9.80 Å². The first kappa shape index (κ1) is 25.1. The van der Waals surface area contributed by atoms with Gasteiger partial charge in [0.05, 0.1) is 18.2 Å². The van der Waals surface area contributed by atoms with E-state index in [1.54, 1.807) is 4.90 Å². The fourth-order valence-electron chi connectivity index (χ4n) is 6.68. The van der Waals surface area contributed by atoms with E-state index in [9.17, 15) is 14.4 Å². The molecule has 0 spiro atoms. The van der Waals surface area contributed by atoms with E-state index in [4.69, 9.17) is 0 Å². The van der Waals surface area contributed by atoms with Crippen LogP contribution < -0.4 is 0 Å². The summed E-state index contributed by atoms with van der Waals surface area (Å²) in [5.41, 5.74) is 3.27.